The van der Waals surface area contributed by atoms with E-state index in [1.165, 1.54) is 5.69 Å². The summed E-state index contributed by atoms with van der Waals surface area (Å²) in [7, 11) is 0. The van der Waals surface area contributed by atoms with Crippen LogP contribution in [0.25, 0.3) is 0 Å². The molecule has 1 unspecified atom stereocenters. The lowest BCUT2D eigenvalue weighted by Crippen LogP contribution is -2.06. The molecule has 0 saturated carbocycles. The molecule has 0 amide bonds. The summed E-state index contributed by atoms with van der Waals surface area (Å²) in [6.45, 7) is 7.02. The molecule has 0 N–H and O–H groups in total. The number of aldehydes is 1. The smallest absolute Gasteiger partial charge is 0.122 e. The van der Waals surface area contributed by atoms with E-state index < -0.39 is 0 Å². The lowest BCUT2D eigenvalue weighted by molar-refractivity contribution is -0.110. The summed E-state index contributed by atoms with van der Waals surface area (Å²) in [5, 5.41) is 4.53. The average Bonchev–Trinajstić information content (AvgIpc) is 2.62. The maximum Gasteiger partial charge on any atom is 0.122 e. The van der Waals surface area contributed by atoms with Gasteiger partial charge in [0, 0.05) is 12.5 Å². The van der Waals surface area contributed by atoms with E-state index in [-0.39, 0.29) is 5.92 Å². The van der Waals surface area contributed by atoms with E-state index in [0.29, 0.717) is 0 Å². The van der Waals surface area contributed by atoms with Crippen LogP contribution in [0.2, 0.25) is 0 Å². The highest BCUT2D eigenvalue weighted by atomic mass is 79.9. The molecule has 1 heterocycles. The molecule has 3 nitrogen and oxygen atoms in total. The predicted molar refractivity (Wildman–Crippen MR) is 68.5 cm³/mol. The molecule has 0 spiro atoms. The summed E-state index contributed by atoms with van der Waals surface area (Å²) >= 11 is 3.60. The molecule has 90 valence electrons. The summed E-state index contributed by atoms with van der Waals surface area (Å²) in [6.07, 6.45) is 3.74. The Bertz CT molecular complexity index is 360. The van der Waals surface area contributed by atoms with Gasteiger partial charge >= 0.3 is 0 Å². The highest BCUT2D eigenvalue weighted by Gasteiger charge is 2.14. The number of hydrogen-bond acceptors (Lipinski definition) is 2. The van der Waals surface area contributed by atoms with Gasteiger partial charge in [0.2, 0.25) is 0 Å². The molecule has 0 aromatic carbocycles. The molecule has 1 atom stereocenters. The van der Waals surface area contributed by atoms with Gasteiger partial charge in [-0.15, -0.1) is 0 Å². The fraction of sp³-hybridized carbons (Fsp3) is 0.667. The molecule has 4 heteroatoms. The Morgan fingerprint density at radius 3 is 2.69 bits per heavy atom. The van der Waals surface area contributed by atoms with E-state index in [9.17, 15) is 4.79 Å². The van der Waals surface area contributed by atoms with Gasteiger partial charge in [-0.2, -0.15) is 5.10 Å². The molecule has 0 saturated heterocycles. The Hall–Kier alpha value is -0.640. The maximum atomic E-state index is 10.6. The number of aryl methyl sites for hydroxylation is 2. The number of aromatic nitrogens is 2. The Morgan fingerprint density at radius 2 is 2.19 bits per heavy atom. The van der Waals surface area contributed by atoms with Crippen LogP contribution in [0, 0.1) is 5.92 Å². The third-order valence-corrected chi connectivity index (χ3v) is 3.68. The molecule has 1 aromatic rings. The van der Waals surface area contributed by atoms with Gasteiger partial charge in [-0.3, -0.25) is 4.68 Å². The summed E-state index contributed by atoms with van der Waals surface area (Å²) < 4.78 is 3.15. The molecular weight excluding hydrogens is 268 g/mol. The van der Waals surface area contributed by atoms with Gasteiger partial charge in [0.25, 0.3) is 0 Å². The van der Waals surface area contributed by atoms with Crippen LogP contribution in [-0.4, -0.2) is 16.1 Å². The molecule has 16 heavy (non-hydrogen) atoms. The van der Waals surface area contributed by atoms with Crippen LogP contribution in [0.15, 0.2) is 4.47 Å². The summed E-state index contributed by atoms with van der Waals surface area (Å²) in [4.78, 5) is 10.6. The molecule has 0 radical (unpaired) electrons. The first kappa shape index (κ1) is 13.4. The molecule has 0 aliphatic carbocycles. The van der Waals surface area contributed by atoms with E-state index in [2.05, 4.69) is 34.9 Å². The third-order valence-electron chi connectivity index (χ3n) is 2.76. The van der Waals surface area contributed by atoms with Crippen molar-refractivity contribution in [2.24, 2.45) is 5.92 Å². The van der Waals surface area contributed by atoms with Crippen LogP contribution in [-0.2, 0) is 24.2 Å². The van der Waals surface area contributed by atoms with Gasteiger partial charge in [0.15, 0.2) is 0 Å². The van der Waals surface area contributed by atoms with Crippen molar-refractivity contribution < 1.29 is 4.79 Å². The number of hydrogen-bond donors (Lipinski definition) is 0. The number of nitrogens with zero attached hydrogens (tertiary/aromatic N) is 2. The molecule has 0 aliphatic rings. The van der Waals surface area contributed by atoms with Crippen LogP contribution in [0.3, 0.4) is 0 Å². The maximum absolute atomic E-state index is 10.6. The molecule has 0 aliphatic heterocycles. The Labute approximate surface area is 105 Å². The van der Waals surface area contributed by atoms with Crippen LogP contribution < -0.4 is 0 Å². The van der Waals surface area contributed by atoms with Crippen molar-refractivity contribution in [3.05, 3.63) is 15.9 Å². The van der Waals surface area contributed by atoms with Crippen LogP contribution in [0.4, 0.5) is 0 Å². The Kier molecular flexibility index (Phi) is 5.19. The number of carbonyl (C=O) groups is 1. The van der Waals surface area contributed by atoms with Crippen molar-refractivity contribution >= 4 is 22.2 Å². The predicted octanol–water partition coefficient (Wildman–Crippen LogP) is 3.00. The Morgan fingerprint density at radius 1 is 1.50 bits per heavy atom. The zero-order valence-electron chi connectivity index (χ0n) is 10.2. The van der Waals surface area contributed by atoms with Gasteiger partial charge in [0.1, 0.15) is 6.29 Å². The van der Waals surface area contributed by atoms with Gasteiger partial charge in [0.05, 0.1) is 15.9 Å². The second kappa shape index (κ2) is 6.18. The standard InChI is InChI=1S/C12H19BrN2O/c1-4-10-12(13)11(15(5-2)14-10)7-6-9(3)8-16/h8-9H,4-7H2,1-3H3. The summed E-state index contributed by atoms with van der Waals surface area (Å²) in [6, 6.07) is 0. The van der Waals surface area contributed by atoms with Gasteiger partial charge in [-0.05, 0) is 42.1 Å². The van der Waals surface area contributed by atoms with E-state index in [1.807, 2.05) is 11.6 Å². The van der Waals surface area contributed by atoms with E-state index in [1.54, 1.807) is 0 Å². The van der Waals surface area contributed by atoms with Crippen molar-refractivity contribution in [2.75, 3.05) is 0 Å². The zero-order chi connectivity index (χ0) is 12.1. The Balaban J connectivity index is 2.84. The molecule has 0 bridgehead atoms. The van der Waals surface area contributed by atoms with Crippen LogP contribution >= 0.6 is 15.9 Å². The minimum atomic E-state index is 0.122. The van der Waals surface area contributed by atoms with Crippen LogP contribution in [0.1, 0.15) is 38.6 Å². The number of halogens is 1. The first-order valence-electron chi connectivity index (χ1n) is 5.83. The number of rotatable bonds is 6. The lowest BCUT2D eigenvalue weighted by Gasteiger charge is -2.06. The lowest BCUT2D eigenvalue weighted by atomic mass is 10.1. The third kappa shape index (κ3) is 2.94. The second-order valence-electron chi connectivity index (χ2n) is 4.03. The minimum absolute atomic E-state index is 0.122. The van der Waals surface area contributed by atoms with Crippen LogP contribution in [0.5, 0.6) is 0 Å². The number of carbonyl (C=O) groups excluding carboxylic acids is 1. The van der Waals surface area contributed by atoms with Crippen molar-refractivity contribution in [1.29, 1.82) is 0 Å². The minimum Gasteiger partial charge on any atom is -0.303 e. The fourth-order valence-corrected chi connectivity index (χ4v) is 2.45. The quantitative estimate of drug-likeness (QED) is 0.754. The van der Waals surface area contributed by atoms with Crippen molar-refractivity contribution in [3.63, 3.8) is 0 Å². The normalized spacial score (nSPS) is 12.8. The van der Waals surface area contributed by atoms with Crippen molar-refractivity contribution in [3.8, 4) is 0 Å². The monoisotopic (exact) mass is 286 g/mol. The fourth-order valence-electron chi connectivity index (χ4n) is 1.69. The highest BCUT2D eigenvalue weighted by Crippen LogP contribution is 2.24. The average molecular weight is 287 g/mol. The molecule has 0 fully saturated rings. The molecular formula is C12H19BrN2O. The van der Waals surface area contributed by atoms with E-state index in [4.69, 9.17) is 0 Å². The molecule has 1 aromatic heterocycles. The van der Waals surface area contributed by atoms with Crippen molar-refractivity contribution in [2.45, 2.75) is 46.6 Å². The molecule has 1 rings (SSSR count). The largest absolute Gasteiger partial charge is 0.303 e. The second-order valence-corrected chi connectivity index (χ2v) is 4.82. The zero-order valence-corrected chi connectivity index (χ0v) is 11.7. The van der Waals surface area contributed by atoms with Crippen molar-refractivity contribution in [1.82, 2.24) is 9.78 Å². The van der Waals surface area contributed by atoms with Gasteiger partial charge in [-0.1, -0.05) is 13.8 Å². The highest BCUT2D eigenvalue weighted by molar-refractivity contribution is 9.10. The van der Waals surface area contributed by atoms with E-state index >= 15 is 0 Å². The first-order chi connectivity index (χ1) is 7.63. The first-order valence-corrected chi connectivity index (χ1v) is 6.62. The van der Waals surface area contributed by atoms with Gasteiger partial charge < -0.3 is 4.79 Å². The van der Waals surface area contributed by atoms with Gasteiger partial charge in [-0.25, -0.2) is 0 Å². The van der Waals surface area contributed by atoms with E-state index in [0.717, 1.165) is 42.3 Å². The topological polar surface area (TPSA) is 34.9 Å². The SMILES string of the molecule is CCc1nn(CC)c(CCC(C)C=O)c1Br. The summed E-state index contributed by atoms with van der Waals surface area (Å²) in [5.41, 5.74) is 2.32. The summed E-state index contributed by atoms with van der Waals surface area (Å²) in [5.74, 6) is 0.122.